The first-order chi connectivity index (χ1) is 9.45. The van der Waals surface area contributed by atoms with Crippen LogP contribution in [0.5, 0.6) is 0 Å². The Bertz CT molecular complexity index is 414. The summed E-state index contributed by atoms with van der Waals surface area (Å²) < 4.78 is 0. The number of nitrogens with two attached hydrogens (primary N) is 1. The number of carbonyl (C=O) groups is 1. The summed E-state index contributed by atoms with van der Waals surface area (Å²) in [6.45, 7) is 8.93. The van der Waals surface area contributed by atoms with Crippen molar-refractivity contribution in [2.45, 2.75) is 58.5 Å². The fourth-order valence-corrected chi connectivity index (χ4v) is 2.28. The van der Waals surface area contributed by atoms with Crippen LogP contribution < -0.4 is 5.73 Å². The van der Waals surface area contributed by atoms with Crippen LogP contribution in [0.25, 0.3) is 0 Å². The molecule has 0 radical (unpaired) electrons. The van der Waals surface area contributed by atoms with E-state index in [9.17, 15) is 4.79 Å². The molecule has 0 saturated carbocycles. The van der Waals surface area contributed by atoms with Gasteiger partial charge in [0, 0.05) is 12.6 Å². The predicted octanol–water partition coefficient (Wildman–Crippen LogP) is 3.29. The fourth-order valence-electron chi connectivity index (χ4n) is 2.28. The Hall–Kier alpha value is -1.35. The first kappa shape index (κ1) is 16.7. The third kappa shape index (κ3) is 3.83. The van der Waals surface area contributed by atoms with Crippen molar-refractivity contribution < 1.29 is 4.79 Å². The van der Waals surface area contributed by atoms with E-state index in [1.165, 1.54) is 0 Å². The van der Waals surface area contributed by atoms with Crippen molar-refractivity contribution in [1.82, 2.24) is 4.90 Å². The Labute approximate surface area is 123 Å². The zero-order valence-corrected chi connectivity index (χ0v) is 13.2. The van der Waals surface area contributed by atoms with E-state index in [1.807, 2.05) is 42.2 Å². The van der Waals surface area contributed by atoms with Gasteiger partial charge in [-0.05, 0) is 32.3 Å². The maximum absolute atomic E-state index is 12.9. The van der Waals surface area contributed by atoms with E-state index in [1.54, 1.807) is 0 Å². The van der Waals surface area contributed by atoms with Gasteiger partial charge in [-0.2, -0.15) is 0 Å². The number of nitrogens with zero attached hydrogens (tertiary/aromatic N) is 1. The van der Waals surface area contributed by atoms with E-state index < -0.39 is 5.54 Å². The molecule has 0 aliphatic rings. The van der Waals surface area contributed by atoms with Crippen molar-refractivity contribution >= 4 is 5.91 Å². The molecule has 0 fully saturated rings. The Balaban J connectivity index is 2.98. The lowest BCUT2D eigenvalue weighted by molar-refractivity contribution is -0.139. The first-order valence-corrected chi connectivity index (χ1v) is 7.60. The summed E-state index contributed by atoms with van der Waals surface area (Å²) in [7, 11) is 0. The number of rotatable bonds is 7. The monoisotopic (exact) mass is 276 g/mol. The van der Waals surface area contributed by atoms with Crippen LogP contribution in [0, 0.1) is 0 Å². The molecule has 112 valence electrons. The maximum Gasteiger partial charge on any atom is 0.247 e. The molecule has 20 heavy (non-hydrogen) atoms. The summed E-state index contributed by atoms with van der Waals surface area (Å²) in [6.07, 6.45) is 3.04. The lowest BCUT2D eigenvalue weighted by Gasteiger charge is -2.36. The Morgan fingerprint density at radius 2 is 1.90 bits per heavy atom. The molecular formula is C17H28N2O. The maximum atomic E-state index is 12.9. The van der Waals surface area contributed by atoms with Crippen molar-refractivity contribution in [1.29, 1.82) is 0 Å². The highest BCUT2D eigenvalue weighted by molar-refractivity contribution is 5.87. The minimum Gasteiger partial charge on any atom is -0.338 e. The molecule has 0 aliphatic heterocycles. The third-order valence-electron chi connectivity index (χ3n) is 3.95. The molecule has 2 N–H and O–H groups in total. The lowest BCUT2D eigenvalue weighted by Crippen LogP contribution is -2.53. The second-order valence-electron chi connectivity index (χ2n) is 5.68. The zero-order valence-electron chi connectivity index (χ0n) is 13.2. The minimum atomic E-state index is -0.960. The molecule has 0 aliphatic carbocycles. The Kier molecular flexibility index (Phi) is 6.21. The topological polar surface area (TPSA) is 46.3 Å². The fraction of sp³-hybridized carbons (Fsp3) is 0.588. The van der Waals surface area contributed by atoms with Crippen LogP contribution >= 0.6 is 0 Å². The summed E-state index contributed by atoms with van der Waals surface area (Å²) in [5, 5.41) is 0. The van der Waals surface area contributed by atoms with Gasteiger partial charge >= 0.3 is 0 Å². The van der Waals surface area contributed by atoms with Crippen LogP contribution in [0.1, 0.15) is 52.5 Å². The molecule has 1 amide bonds. The summed E-state index contributed by atoms with van der Waals surface area (Å²) >= 11 is 0. The molecule has 0 aromatic heterocycles. The highest BCUT2D eigenvalue weighted by Crippen LogP contribution is 2.22. The van der Waals surface area contributed by atoms with E-state index in [4.69, 9.17) is 5.73 Å². The van der Waals surface area contributed by atoms with Gasteiger partial charge in [0.15, 0.2) is 0 Å². The van der Waals surface area contributed by atoms with Gasteiger partial charge < -0.3 is 10.6 Å². The average Bonchev–Trinajstić information content (AvgIpc) is 2.47. The van der Waals surface area contributed by atoms with Gasteiger partial charge in [0.25, 0.3) is 0 Å². The summed E-state index contributed by atoms with van der Waals surface area (Å²) in [5.74, 6) is 0.0199. The number of hydrogen-bond donors (Lipinski definition) is 1. The van der Waals surface area contributed by atoms with Crippen LogP contribution in [0.15, 0.2) is 30.3 Å². The number of amides is 1. The predicted molar refractivity (Wildman–Crippen MR) is 84.4 cm³/mol. The van der Waals surface area contributed by atoms with E-state index in [0.717, 1.165) is 31.4 Å². The van der Waals surface area contributed by atoms with Crippen molar-refractivity contribution in [3.8, 4) is 0 Å². The summed E-state index contributed by atoms with van der Waals surface area (Å²) in [5.41, 5.74) is 6.27. The number of benzene rings is 1. The van der Waals surface area contributed by atoms with Gasteiger partial charge in [-0.3, -0.25) is 4.79 Å². The standard InChI is InChI=1S/C17H28N2O/c1-5-7-13-19(14(3)6-2)16(20)17(4,18)15-11-9-8-10-12-15/h8-12,14H,5-7,13,18H2,1-4H3. The molecular weight excluding hydrogens is 248 g/mol. The van der Waals surface area contributed by atoms with Crippen molar-refractivity contribution in [3.05, 3.63) is 35.9 Å². The number of hydrogen-bond acceptors (Lipinski definition) is 2. The molecule has 0 bridgehead atoms. The first-order valence-electron chi connectivity index (χ1n) is 7.60. The molecule has 1 aromatic rings. The van der Waals surface area contributed by atoms with Crippen LogP contribution in [0.3, 0.4) is 0 Å². The van der Waals surface area contributed by atoms with E-state index in [2.05, 4.69) is 20.8 Å². The van der Waals surface area contributed by atoms with Gasteiger partial charge in [0.1, 0.15) is 5.54 Å². The quantitative estimate of drug-likeness (QED) is 0.830. The molecule has 3 heteroatoms. The highest BCUT2D eigenvalue weighted by atomic mass is 16.2. The summed E-state index contributed by atoms with van der Waals surface area (Å²) in [4.78, 5) is 14.8. The smallest absolute Gasteiger partial charge is 0.247 e. The molecule has 0 heterocycles. The minimum absolute atomic E-state index is 0.0199. The van der Waals surface area contributed by atoms with E-state index in [-0.39, 0.29) is 11.9 Å². The Morgan fingerprint density at radius 1 is 1.30 bits per heavy atom. The van der Waals surface area contributed by atoms with Crippen molar-refractivity contribution in [3.63, 3.8) is 0 Å². The van der Waals surface area contributed by atoms with Crippen molar-refractivity contribution in [2.24, 2.45) is 5.73 Å². The van der Waals surface area contributed by atoms with E-state index >= 15 is 0 Å². The molecule has 1 rings (SSSR count). The summed E-state index contributed by atoms with van der Waals surface area (Å²) in [6, 6.07) is 9.86. The van der Waals surface area contributed by atoms with Crippen LogP contribution in [0.4, 0.5) is 0 Å². The number of carbonyl (C=O) groups excluding carboxylic acids is 1. The van der Waals surface area contributed by atoms with Crippen LogP contribution in [-0.4, -0.2) is 23.4 Å². The molecule has 1 aromatic carbocycles. The van der Waals surface area contributed by atoms with Gasteiger partial charge in [-0.15, -0.1) is 0 Å². The van der Waals surface area contributed by atoms with E-state index in [0.29, 0.717) is 0 Å². The largest absolute Gasteiger partial charge is 0.338 e. The SMILES string of the molecule is CCCCN(C(=O)C(C)(N)c1ccccc1)C(C)CC. The second kappa shape index (κ2) is 7.44. The van der Waals surface area contributed by atoms with Gasteiger partial charge in [0.2, 0.25) is 5.91 Å². The molecule has 2 unspecified atom stereocenters. The Morgan fingerprint density at radius 3 is 2.40 bits per heavy atom. The van der Waals surface area contributed by atoms with Gasteiger partial charge in [-0.25, -0.2) is 0 Å². The van der Waals surface area contributed by atoms with Crippen LogP contribution in [-0.2, 0) is 10.3 Å². The molecule has 3 nitrogen and oxygen atoms in total. The zero-order chi connectivity index (χ0) is 15.2. The molecule has 0 spiro atoms. The third-order valence-corrected chi connectivity index (χ3v) is 3.95. The molecule has 2 atom stereocenters. The average molecular weight is 276 g/mol. The van der Waals surface area contributed by atoms with Crippen molar-refractivity contribution in [2.75, 3.05) is 6.54 Å². The van der Waals surface area contributed by atoms with Gasteiger partial charge in [0.05, 0.1) is 0 Å². The second-order valence-corrected chi connectivity index (χ2v) is 5.68. The molecule has 0 saturated heterocycles. The van der Waals surface area contributed by atoms with Crippen LogP contribution in [0.2, 0.25) is 0 Å². The highest BCUT2D eigenvalue weighted by Gasteiger charge is 2.35. The van der Waals surface area contributed by atoms with Gasteiger partial charge in [-0.1, -0.05) is 50.6 Å². The normalized spacial score (nSPS) is 15.4. The lowest BCUT2D eigenvalue weighted by atomic mass is 9.91. The number of unbranched alkanes of at least 4 members (excludes halogenated alkanes) is 1.